The number of aromatic amines is 1. The van der Waals surface area contributed by atoms with Gasteiger partial charge in [-0.25, -0.2) is 4.98 Å². The molecular formula is C16H9I2N3O. The van der Waals surface area contributed by atoms with Gasteiger partial charge in [0.1, 0.15) is 17.6 Å². The molecule has 1 heterocycles. The fourth-order valence-electron chi connectivity index (χ4n) is 2.09. The van der Waals surface area contributed by atoms with Crippen LogP contribution < -0.4 is 0 Å². The van der Waals surface area contributed by atoms with Gasteiger partial charge in [-0.15, -0.1) is 0 Å². The molecule has 0 spiro atoms. The van der Waals surface area contributed by atoms with Crippen molar-refractivity contribution in [2.45, 2.75) is 0 Å². The van der Waals surface area contributed by atoms with Gasteiger partial charge >= 0.3 is 0 Å². The predicted molar refractivity (Wildman–Crippen MR) is 103 cm³/mol. The minimum atomic E-state index is 0.171. The van der Waals surface area contributed by atoms with Gasteiger partial charge in [0.25, 0.3) is 0 Å². The van der Waals surface area contributed by atoms with Crippen molar-refractivity contribution in [3.63, 3.8) is 0 Å². The van der Waals surface area contributed by atoms with Crippen LogP contribution >= 0.6 is 45.2 Å². The number of nitrogens with zero attached hydrogens (tertiary/aromatic N) is 2. The SMILES string of the molecule is N#C/C(=C\c1cc(I)cc(I)c1O)c1nc2ccccc2[nH]1. The van der Waals surface area contributed by atoms with E-state index in [1.807, 2.05) is 36.4 Å². The fourth-order valence-corrected chi connectivity index (χ4v) is 3.98. The van der Waals surface area contributed by atoms with Gasteiger partial charge < -0.3 is 10.1 Å². The third kappa shape index (κ3) is 2.96. The molecule has 2 aromatic carbocycles. The van der Waals surface area contributed by atoms with E-state index < -0.39 is 0 Å². The average Bonchev–Trinajstić information content (AvgIpc) is 2.93. The number of allylic oxidation sites excluding steroid dienone is 1. The number of phenols is 1. The number of aromatic nitrogens is 2. The molecule has 0 atom stereocenters. The van der Waals surface area contributed by atoms with Gasteiger partial charge in [-0.2, -0.15) is 5.26 Å². The second kappa shape index (κ2) is 6.26. The van der Waals surface area contributed by atoms with Crippen LogP contribution in [0.5, 0.6) is 5.75 Å². The lowest BCUT2D eigenvalue weighted by Crippen LogP contribution is -1.87. The van der Waals surface area contributed by atoms with Crippen molar-refractivity contribution in [3.05, 3.63) is 54.9 Å². The van der Waals surface area contributed by atoms with Gasteiger partial charge in [-0.3, -0.25) is 0 Å². The molecule has 0 unspecified atom stereocenters. The Kier molecular flexibility index (Phi) is 4.35. The number of phenolic OH excluding ortho intramolecular Hbond substituents is 1. The molecule has 0 saturated carbocycles. The Bertz CT molecular complexity index is 905. The molecule has 0 saturated heterocycles. The molecule has 3 rings (SSSR count). The van der Waals surface area contributed by atoms with Crippen LogP contribution in [0, 0.1) is 18.5 Å². The zero-order valence-corrected chi connectivity index (χ0v) is 15.5. The maximum absolute atomic E-state index is 10.2. The number of para-hydroxylation sites is 2. The summed E-state index contributed by atoms with van der Waals surface area (Å²) in [5.41, 5.74) is 2.66. The summed E-state index contributed by atoms with van der Waals surface area (Å²) in [6.45, 7) is 0. The number of H-pyrrole nitrogens is 1. The summed E-state index contributed by atoms with van der Waals surface area (Å²) in [5, 5.41) is 19.6. The minimum absolute atomic E-state index is 0.171. The van der Waals surface area contributed by atoms with E-state index in [1.165, 1.54) is 0 Å². The van der Waals surface area contributed by atoms with Crippen molar-refractivity contribution < 1.29 is 5.11 Å². The molecule has 0 amide bonds. The first-order valence-corrected chi connectivity index (χ1v) is 8.49. The highest BCUT2D eigenvalue weighted by Crippen LogP contribution is 2.30. The van der Waals surface area contributed by atoms with Crippen molar-refractivity contribution in [1.29, 1.82) is 5.26 Å². The second-order valence-electron chi connectivity index (χ2n) is 4.60. The van der Waals surface area contributed by atoms with Gasteiger partial charge in [0.15, 0.2) is 0 Å². The molecule has 6 heteroatoms. The summed E-state index contributed by atoms with van der Waals surface area (Å²) < 4.78 is 1.74. The third-order valence-corrected chi connectivity index (χ3v) is 4.57. The lowest BCUT2D eigenvalue weighted by Gasteiger charge is -2.04. The van der Waals surface area contributed by atoms with E-state index in [9.17, 15) is 10.4 Å². The number of nitrogens with one attached hydrogen (secondary N) is 1. The number of hydrogen-bond acceptors (Lipinski definition) is 3. The van der Waals surface area contributed by atoms with Crippen molar-refractivity contribution in [1.82, 2.24) is 9.97 Å². The highest BCUT2D eigenvalue weighted by atomic mass is 127. The maximum Gasteiger partial charge on any atom is 0.149 e. The predicted octanol–water partition coefficient (Wildman–Crippen LogP) is 4.54. The van der Waals surface area contributed by atoms with Crippen molar-refractivity contribution in [2.24, 2.45) is 0 Å². The largest absolute Gasteiger partial charge is 0.506 e. The van der Waals surface area contributed by atoms with Gasteiger partial charge in [0.2, 0.25) is 0 Å². The van der Waals surface area contributed by atoms with Crippen LogP contribution in [0.1, 0.15) is 11.4 Å². The van der Waals surface area contributed by atoms with E-state index >= 15 is 0 Å². The maximum atomic E-state index is 10.2. The molecular weight excluding hydrogens is 504 g/mol. The van der Waals surface area contributed by atoms with E-state index in [1.54, 1.807) is 6.08 Å². The van der Waals surface area contributed by atoms with E-state index in [0.29, 0.717) is 17.0 Å². The number of rotatable bonds is 2. The van der Waals surface area contributed by atoms with Gasteiger partial charge in [-0.1, -0.05) is 12.1 Å². The van der Waals surface area contributed by atoms with Crippen molar-refractivity contribution >= 4 is 67.9 Å². The third-order valence-electron chi connectivity index (χ3n) is 3.12. The van der Waals surface area contributed by atoms with Crippen LogP contribution in [0.3, 0.4) is 0 Å². The summed E-state index contributed by atoms with van der Waals surface area (Å²) in [7, 11) is 0. The number of hydrogen-bond donors (Lipinski definition) is 2. The van der Waals surface area contributed by atoms with Crippen LogP contribution in [-0.2, 0) is 0 Å². The standard InChI is InChI=1S/C16H9I2N3O/c17-11-6-9(15(22)12(18)7-11)5-10(8-19)16-20-13-3-1-2-4-14(13)21-16/h1-7,22H,(H,20,21)/b10-5+. The first-order chi connectivity index (χ1) is 10.6. The van der Waals surface area contributed by atoms with Gasteiger partial charge in [0, 0.05) is 9.13 Å². The first-order valence-electron chi connectivity index (χ1n) is 6.33. The topological polar surface area (TPSA) is 72.7 Å². The molecule has 2 N–H and O–H groups in total. The van der Waals surface area contributed by atoms with Gasteiger partial charge in [0.05, 0.1) is 20.2 Å². The molecule has 0 fully saturated rings. The highest BCUT2D eigenvalue weighted by Gasteiger charge is 2.11. The minimum Gasteiger partial charge on any atom is -0.506 e. The molecule has 108 valence electrons. The monoisotopic (exact) mass is 513 g/mol. The van der Waals surface area contributed by atoms with Crippen molar-refractivity contribution in [2.75, 3.05) is 0 Å². The second-order valence-corrected chi connectivity index (χ2v) is 7.01. The Morgan fingerprint density at radius 2 is 2.05 bits per heavy atom. The summed E-state index contributed by atoms with van der Waals surface area (Å²) in [5.74, 6) is 0.668. The molecule has 1 aromatic heterocycles. The quantitative estimate of drug-likeness (QED) is 0.391. The Balaban J connectivity index is 2.13. The smallest absolute Gasteiger partial charge is 0.149 e. The Hall–Kier alpha value is -1.60. The van der Waals surface area contributed by atoms with Crippen LogP contribution in [0.4, 0.5) is 0 Å². The number of halogens is 2. The van der Waals surface area contributed by atoms with Crippen LogP contribution in [0.15, 0.2) is 36.4 Å². The number of aromatic hydroxyl groups is 1. The normalized spacial score (nSPS) is 11.6. The lowest BCUT2D eigenvalue weighted by atomic mass is 10.1. The Morgan fingerprint density at radius 1 is 1.27 bits per heavy atom. The molecule has 22 heavy (non-hydrogen) atoms. The number of nitriles is 1. The van der Waals surface area contributed by atoms with Gasteiger partial charge in [-0.05, 0) is 75.5 Å². The first kappa shape index (κ1) is 15.3. The molecule has 0 radical (unpaired) electrons. The summed E-state index contributed by atoms with van der Waals surface area (Å²) in [6.07, 6.45) is 1.65. The zero-order chi connectivity index (χ0) is 15.7. The van der Waals surface area contributed by atoms with Crippen molar-refractivity contribution in [3.8, 4) is 11.8 Å². The molecule has 0 aliphatic rings. The molecule has 3 aromatic rings. The van der Waals surface area contributed by atoms with E-state index in [-0.39, 0.29) is 5.75 Å². The summed E-state index contributed by atoms with van der Waals surface area (Å²) >= 11 is 4.25. The molecule has 0 aliphatic heterocycles. The van der Waals surface area contributed by atoms with Crippen LogP contribution in [-0.4, -0.2) is 15.1 Å². The summed E-state index contributed by atoms with van der Waals surface area (Å²) in [6, 6.07) is 13.5. The van der Waals surface area contributed by atoms with E-state index in [0.717, 1.165) is 18.2 Å². The fraction of sp³-hybridized carbons (Fsp3) is 0. The Morgan fingerprint density at radius 3 is 2.77 bits per heavy atom. The highest BCUT2D eigenvalue weighted by molar-refractivity contribution is 14.1. The molecule has 0 aliphatic carbocycles. The zero-order valence-electron chi connectivity index (χ0n) is 11.1. The van der Waals surface area contributed by atoms with Crippen LogP contribution in [0.25, 0.3) is 22.7 Å². The van der Waals surface area contributed by atoms with E-state index in [2.05, 4.69) is 61.2 Å². The average molecular weight is 513 g/mol. The van der Waals surface area contributed by atoms with Crippen LogP contribution in [0.2, 0.25) is 0 Å². The lowest BCUT2D eigenvalue weighted by molar-refractivity contribution is 0.470. The Labute approximate surface area is 154 Å². The van der Waals surface area contributed by atoms with E-state index in [4.69, 9.17) is 0 Å². The number of fused-ring (bicyclic) bond motifs is 1. The summed E-state index contributed by atoms with van der Waals surface area (Å²) in [4.78, 5) is 7.55. The molecule has 4 nitrogen and oxygen atoms in total. The molecule has 0 bridgehead atoms. The number of benzene rings is 2. The number of imidazole rings is 1.